The molecule has 0 saturated carbocycles. The van der Waals surface area contributed by atoms with E-state index in [1.54, 1.807) is 6.07 Å². The minimum absolute atomic E-state index is 0.0217. The van der Waals surface area contributed by atoms with E-state index in [4.69, 9.17) is 10.00 Å². The van der Waals surface area contributed by atoms with Crippen LogP contribution in [-0.4, -0.2) is 32.4 Å². The molecule has 2 aliphatic rings. The molecule has 2 rings (SSSR count). The normalized spacial score (nSPS) is 35.8. The molecule has 5 nitrogen and oxygen atoms in total. The Balaban J connectivity index is 1.96. The van der Waals surface area contributed by atoms with E-state index in [2.05, 4.69) is 4.72 Å². The van der Waals surface area contributed by atoms with Crippen LogP contribution in [0, 0.1) is 11.3 Å². The second-order valence-electron chi connectivity index (χ2n) is 3.75. The molecule has 0 radical (unpaired) electrons. The highest BCUT2D eigenvalue weighted by Crippen LogP contribution is 2.34. The lowest BCUT2D eigenvalue weighted by molar-refractivity contribution is 0.0996. The number of sulfonamides is 1. The summed E-state index contributed by atoms with van der Waals surface area (Å²) in [6, 6.07) is 1.52. The van der Waals surface area contributed by atoms with Crippen molar-refractivity contribution in [3.05, 3.63) is 0 Å². The SMILES string of the molecule is N#CCS(=O)(=O)NC1CC2CCC1O2. The molecule has 2 fully saturated rings. The number of fused-ring (bicyclic) bond motifs is 2. The number of nitriles is 1. The number of rotatable bonds is 3. The summed E-state index contributed by atoms with van der Waals surface area (Å²) in [5, 5.41) is 8.31. The molecule has 0 aromatic heterocycles. The quantitative estimate of drug-likeness (QED) is 0.705. The zero-order valence-corrected chi connectivity index (χ0v) is 8.46. The van der Waals surface area contributed by atoms with Gasteiger partial charge in [0, 0.05) is 0 Å². The minimum Gasteiger partial charge on any atom is -0.373 e. The Labute approximate surface area is 83.1 Å². The van der Waals surface area contributed by atoms with Gasteiger partial charge in [-0.25, -0.2) is 13.1 Å². The average Bonchev–Trinajstić information content (AvgIpc) is 2.63. The van der Waals surface area contributed by atoms with Gasteiger partial charge in [-0.1, -0.05) is 0 Å². The van der Waals surface area contributed by atoms with Crippen LogP contribution < -0.4 is 4.72 Å². The van der Waals surface area contributed by atoms with Crippen molar-refractivity contribution in [3.8, 4) is 6.07 Å². The van der Waals surface area contributed by atoms with Gasteiger partial charge in [-0.3, -0.25) is 0 Å². The van der Waals surface area contributed by atoms with E-state index in [0.717, 1.165) is 19.3 Å². The summed E-state index contributed by atoms with van der Waals surface area (Å²) >= 11 is 0. The third-order valence-electron chi connectivity index (χ3n) is 2.69. The molecule has 2 heterocycles. The fraction of sp³-hybridized carbons (Fsp3) is 0.875. The lowest BCUT2D eigenvalue weighted by Crippen LogP contribution is -2.42. The second kappa shape index (κ2) is 3.50. The molecular weight excluding hydrogens is 204 g/mol. The van der Waals surface area contributed by atoms with E-state index in [1.165, 1.54) is 0 Å². The maximum atomic E-state index is 11.3. The number of nitrogens with one attached hydrogen (secondary N) is 1. The van der Waals surface area contributed by atoms with Crippen LogP contribution >= 0.6 is 0 Å². The molecule has 2 aliphatic heterocycles. The van der Waals surface area contributed by atoms with Crippen LogP contribution in [0.15, 0.2) is 0 Å². The van der Waals surface area contributed by atoms with Gasteiger partial charge in [0.25, 0.3) is 0 Å². The summed E-state index contributed by atoms with van der Waals surface area (Å²) in [6.07, 6.45) is 2.93. The molecule has 0 spiro atoms. The Hall–Kier alpha value is -0.640. The van der Waals surface area contributed by atoms with Crippen LogP contribution in [0.3, 0.4) is 0 Å². The molecule has 3 atom stereocenters. The zero-order chi connectivity index (χ0) is 10.2. The smallest absolute Gasteiger partial charge is 0.225 e. The largest absolute Gasteiger partial charge is 0.373 e. The van der Waals surface area contributed by atoms with Crippen molar-refractivity contribution in [3.63, 3.8) is 0 Å². The van der Waals surface area contributed by atoms with Crippen molar-refractivity contribution < 1.29 is 13.2 Å². The third-order valence-corrected chi connectivity index (χ3v) is 3.86. The lowest BCUT2D eigenvalue weighted by Gasteiger charge is -2.18. The molecule has 1 N–H and O–H groups in total. The van der Waals surface area contributed by atoms with Crippen molar-refractivity contribution in [1.29, 1.82) is 5.26 Å². The third kappa shape index (κ3) is 1.90. The molecule has 2 saturated heterocycles. The first-order valence-corrected chi connectivity index (χ1v) is 6.28. The van der Waals surface area contributed by atoms with Gasteiger partial charge in [0.15, 0.2) is 5.75 Å². The fourth-order valence-corrected chi connectivity index (χ4v) is 3.08. The first-order valence-electron chi connectivity index (χ1n) is 4.63. The van der Waals surface area contributed by atoms with Crippen molar-refractivity contribution in [2.45, 2.75) is 37.5 Å². The van der Waals surface area contributed by atoms with Gasteiger partial charge in [0.2, 0.25) is 10.0 Å². The van der Waals surface area contributed by atoms with Crippen LogP contribution in [-0.2, 0) is 14.8 Å². The number of hydrogen-bond acceptors (Lipinski definition) is 4. The van der Waals surface area contributed by atoms with Gasteiger partial charge in [0.05, 0.1) is 24.3 Å². The predicted molar refractivity (Wildman–Crippen MR) is 48.8 cm³/mol. The Morgan fingerprint density at radius 2 is 2.29 bits per heavy atom. The maximum absolute atomic E-state index is 11.3. The van der Waals surface area contributed by atoms with Gasteiger partial charge >= 0.3 is 0 Å². The number of ether oxygens (including phenoxy) is 1. The first-order chi connectivity index (χ1) is 6.61. The van der Waals surface area contributed by atoms with Crippen molar-refractivity contribution in [2.75, 3.05) is 5.75 Å². The second-order valence-corrected chi connectivity index (χ2v) is 5.51. The standard InChI is InChI=1S/C8H12N2O3S/c9-3-4-14(11,12)10-7-5-6-1-2-8(7)13-6/h6-8,10H,1-2,4-5H2. The van der Waals surface area contributed by atoms with Crippen LogP contribution in [0.5, 0.6) is 0 Å². The van der Waals surface area contributed by atoms with Gasteiger partial charge in [-0.05, 0) is 19.3 Å². The Kier molecular flexibility index (Phi) is 2.47. The summed E-state index contributed by atoms with van der Waals surface area (Å²) in [7, 11) is -3.43. The maximum Gasteiger partial charge on any atom is 0.225 e. The highest BCUT2D eigenvalue weighted by atomic mass is 32.2. The molecule has 14 heavy (non-hydrogen) atoms. The molecule has 0 aliphatic carbocycles. The van der Waals surface area contributed by atoms with Gasteiger partial charge in [-0.2, -0.15) is 5.26 Å². The van der Waals surface area contributed by atoms with E-state index >= 15 is 0 Å². The average molecular weight is 216 g/mol. The monoisotopic (exact) mass is 216 g/mol. The van der Waals surface area contributed by atoms with Crippen molar-refractivity contribution in [1.82, 2.24) is 4.72 Å². The molecular formula is C8H12N2O3S. The Morgan fingerprint density at radius 3 is 2.79 bits per heavy atom. The molecule has 6 heteroatoms. The van der Waals surface area contributed by atoms with Gasteiger partial charge in [-0.15, -0.1) is 0 Å². The van der Waals surface area contributed by atoms with Gasteiger partial charge < -0.3 is 4.74 Å². The molecule has 2 bridgehead atoms. The van der Waals surface area contributed by atoms with Crippen LogP contribution in [0.1, 0.15) is 19.3 Å². The zero-order valence-electron chi connectivity index (χ0n) is 7.64. The van der Waals surface area contributed by atoms with Crippen molar-refractivity contribution in [2.24, 2.45) is 0 Å². The summed E-state index contributed by atoms with van der Waals surface area (Å²) in [5.41, 5.74) is 0. The van der Waals surface area contributed by atoms with E-state index < -0.39 is 15.8 Å². The molecule has 78 valence electrons. The first kappa shape index (κ1) is 9.90. The topological polar surface area (TPSA) is 79.2 Å². The summed E-state index contributed by atoms with van der Waals surface area (Å²) in [6.45, 7) is 0. The van der Waals surface area contributed by atoms with Gasteiger partial charge in [0.1, 0.15) is 0 Å². The van der Waals surface area contributed by atoms with E-state index in [-0.39, 0.29) is 18.2 Å². The summed E-state index contributed by atoms with van der Waals surface area (Å²) in [4.78, 5) is 0. The Bertz CT molecular complexity index is 359. The number of nitrogens with zero attached hydrogens (tertiary/aromatic N) is 1. The molecule has 0 aromatic rings. The van der Waals surface area contributed by atoms with Crippen LogP contribution in [0.4, 0.5) is 0 Å². The summed E-state index contributed by atoms with van der Waals surface area (Å²) < 4.78 is 30.6. The lowest BCUT2D eigenvalue weighted by atomic mass is 9.96. The van der Waals surface area contributed by atoms with Crippen LogP contribution in [0.25, 0.3) is 0 Å². The van der Waals surface area contributed by atoms with Crippen LogP contribution in [0.2, 0.25) is 0 Å². The van der Waals surface area contributed by atoms with E-state index in [9.17, 15) is 8.42 Å². The van der Waals surface area contributed by atoms with E-state index in [1.807, 2.05) is 0 Å². The molecule has 3 unspecified atom stereocenters. The highest BCUT2D eigenvalue weighted by Gasteiger charge is 2.42. The fourth-order valence-electron chi connectivity index (χ4n) is 2.12. The summed E-state index contributed by atoms with van der Waals surface area (Å²) in [5.74, 6) is -0.471. The number of hydrogen-bond donors (Lipinski definition) is 1. The minimum atomic E-state index is -3.43. The molecule has 0 amide bonds. The highest BCUT2D eigenvalue weighted by molar-refractivity contribution is 7.89. The molecule has 0 aromatic carbocycles. The predicted octanol–water partition coefficient (Wildman–Crippen LogP) is -0.251. The van der Waals surface area contributed by atoms with E-state index in [0.29, 0.717) is 0 Å². The van der Waals surface area contributed by atoms with Crippen molar-refractivity contribution >= 4 is 10.0 Å². The Morgan fingerprint density at radius 1 is 1.50 bits per heavy atom.